The lowest BCUT2D eigenvalue weighted by Crippen LogP contribution is -1.91. The fourth-order valence-corrected chi connectivity index (χ4v) is 1.02. The lowest BCUT2D eigenvalue weighted by Gasteiger charge is -1.87. The van der Waals surface area contributed by atoms with Crippen LogP contribution in [-0.4, -0.2) is 17.0 Å². The van der Waals surface area contributed by atoms with Gasteiger partial charge < -0.3 is 0 Å². The van der Waals surface area contributed by atoms with Crippen molar-refractivity contribution in [2.45, 2.75) is 13.3 Å². The van der Waals surface area contributed by atoms with E-state index < -0.39 is 0 Å². The Morgan fingerprint density at radius 2 is 2.25 bits per heavy atom. The molecule has 8 heavy (non-hydrogen) atoms. The molecule has 0 fully saturated rings. The van der Waals surface area contributed by atoms with E-state index in [9.17, 15) is 0 Å². The number of thioether (sulfide) groups is 1. The van der Waals surface area contributed by atoms with E-state index in [4.69, 9.17) is 0 Å². The van der Waals surface area contributed by atoms with Gasteiger partial charge in [0.2, 0.25) is 0 Å². The fourth-order valence-electron chi connectivity index (χ4n) is 0.544. The van der Waals surface area contributed by atoms with Crippen molar-refractivity contribution in [2.75, 3.05) is 6.26 Å². The van der Waals surface area contributed by atoms with Gasteiger partial charge in [0, 0.05) is 12.1 Å². The van der Waals surface area contributed by atoms with E-state index in [0.29, 0.717) is 0 Å². The van der Waals surface area contributed by atoms with Crippen LogP contribution in [0.1, 0.15) is 13.3 Å². The third-order valence-electron chi connectivity index (χ3n) is 0.975. The monoisotopic (exact) mass is 128 g/mol. The SMILES string of the molecule is CSC1=NN=C(C)C1. The summed E-state index contributed by atoms with van der Waals surface area (Å²) in [4.78, 5) is 0. The van der Waals surface area contributed by atoms with Gasteiger partial charge in [-0.3, -0.25) is 0 Å². The maximum atomic E-state index is 3.90. The Hall–Kier alpha value is -0.310. The quantitative estimate of drug-likeness (QED) is 0.485. The van der Waals surface area contributed by atoms with E-state index in [2.05, 4.69) is 10.2 Å². The minimum absolute atomic E-state index is 0.959. The first-order valence-electron chi connectivity index (χ1n) is 2.47. The second kappa shape index (κ2) is 2.31. The molecule has 0 aliphatic carbocycles. The predicted octanol–water partition coefficient (Wildman–Crippen LogP) is 1.53. The number of hydrogen-bond donors (Lipinski definition) is 0. The highest BCUT2D eigenvalue weighted by atomic mass is 32.2. The van der Waals surface area contributed by atoms with Gasteiger partial charge >= 0.3 is 0 Å². The van der Waals surface area contributed by atoms with Crippen LogP contribution in [0.15, 0.2) is 10.2 Å². The Bertz CT molecular complexity index is 149. The van der Waals surface area contributed by atoms with Crippen LogP contribution in [0.2, 0.25) is 0 Å². The van der Waals surface area contributed by atoms with Gasteiger partial charge in [-0.2, -0.15) is 5.10 Å². The molecule has 2 nitrogen and oxygen atoms in total. The molecular weight excluding hydrogens is 120 g/mol. The van der Waals surface area contributed by atoms with E-state index in [1.165, 1.54) is 0 Å². The molecule has 1 heterocycles. The van der Waals surface area contributed by atoms with E-state index in [1.807, 2.05) is 13.2 Å². The molecule has 0 atom stereocenters. The van der Waals surface area contributed by atoms with Crippen LogP contribution in [0.4, 0.5) is 0 Å². The van der Waals surface area contributed by atoms with Crippen molar-refractivity contribution in [1.82, 2.24) is 0 Å². The van der Waals surface area contributed by atoms with E-state index in [1.54, 1.807) is 11.8 Å². The van der Waals surface area contributed by atoms with Crippen LogP contribution in [0.5, 0.6) is 0 Å². The molecule has 3 heteroatoms. The highest BCUT2D eigenvalue weighted by molar-refractivity contribution is 8.13. The fraction of sp³-hybridized carbons (Fsp3) is 0.600. The Labute approximate surface area is 53.1 Å². The van der Waals surface area contributed by atoms with Gasteiger partial charge in [-0.25, -0.2) is 0 Å². The Balaban J connectivity index is 2.49. The molecule has 1 rings (SSSR count). The molecule has 1 aliphatic heterocycles. The lowest BCUT2D eigenvalue weighted by atomic mass is 10.3. The topological polar surface area (TPSA) is 24.7 Å². The number of rotatable bonds is 0. The van der Waals surface area contributed by atoms with Gasteiger partial charge in [0.05, 0.1) is 0 Å². The summed E-state index contributed by atoms with van der Waals surface area (Å²) >= 11 is 1.67. The highest BCUT2D eigenvalue weighted by Gasteiger charge is 2.04. The molecule has 0 radical (unpaired) electrons. The normalized spacial score (nSPS) is 18.2. The molecule has 0 saturated carbocycles. The number of hydrogen-bond acceptors (Lipinski definition) is 3. The van der Waals surface area contributed by atoms with E-state index in [-0.39, 0.29) is 0 Å². The number of nitrogens with zero attached hydrogens (tertiary/aromatic N) is 2. The molecule has 0 saturated heterocycles. The Kier molecular flexibility index (Phi) is 1.68. The summed E-state index contributed by atoms with van der Waals surface area (Å²) in [5, 5.41) is 8.90. The largest absolute Gasteiger partial charge is 0.159 e. The average molecular weight is 128 g/mol. The Morgan fingerprint density at radius 3 is 2.50 bits per heavy atom. The minimum atomic E-state index is 0.959. The molecule has 0 spiro atoms. The summed E-state index contributed by atoms with van der Waals surface area (Å²) in [6.45, 7) is 1.99. The van der Waals surface area contributed by atoms with Crippen LogP contribution in [0, 0.1) is 0 Å². The third kappa shape index (κ3) is 1.10. The van der Waals surface area contributed by atoms with Crippen molar-refractivity contribution < 1.29 is 0 Å². The van der Waals surface area contributed by atoms with Crippen molar-refractivity contribution in [2.24, 2.45) is 10.2 Å². The zero-order valence-corrected chi connectivity index (χ0v) is 5.83. The molecule has 44 valence electrons. The Morgan fingerprint density at radius 1 is 1.50 bits per heavy atom. The van der Waals surface area contributed by atoms with Crippen LogP contribution in [-0.2, 0) is 0 Å². The van der Waals surface area contributed by atoms with Crippen molar-refractivity contribution in [3.05, 3.63) is 0 Å². The van der Waals surface area contributed by atoms with Gasteiger partial charge in [0.25, 0.3) is 0 Å². The summed E-state index contributed by atoms with van der Waals surface area (Å²) in [6.07, 6.45) is 2.98. The molecule has 0 N–H and O–H groups in total. The van der Waals surface area contributed by atoms with Crippen molar-refractivity contribution in [3.63, 3.8) is 0 Å². The molecule has 0 aromatic rings. The smallest absolute Gasteiger partial charge is 0.101 e. The summed E-state index contributed by atoms with van der Waals surface area (Å²) in [6, 6.07) is 0. The standard InChI is InChI=1S/C5H8N2S/c1-4-3-5(8-2)7-6-4/h3H2,1-2H3. The second-order valence-corrected chi connectivity index (χ2v) is 2.59. The van der Waals surface area contributed by atoms with E-state index >= 15 is 0 Å². The van der Waals surface area contributed by atoms with E-state index in [0.717, 1.165) is 17.2 Å². The summed E-state index contributed by atoms with van der Waals surface area (Å²) in [5.74, 6) is 0. The summed E-state index contributed by atoms with van der Waals surface area (Å²) in [5.41, 5.74) is 1.12. The maximum absolute atomic E-state index is 3.90. The molecule has 0 aromatic carbocycles. The van der Waals surface area contributed by atoms with Crippen LogP contribution >= 0.6 is 11.8 Å². The minimum Gasteiger partial charge on any atom is -0.159 e. The van der Waals surface area contributed by atoms with Crippen molar-refractivity contribution in [3.8, 4) is 0 Å². The van der Waals surface area contributed by atoms with Crippen LogP contribution < -0.4 is 0 Å². The first-order chi connectivity index (χ1) is 3.83. The van der Waals surface area contributed by atoms with Gasteiger partial charge in [0.15, 0.2) is 0 Å². The first kappa shape index (κ1) is 5.82. The van der Waals surface area contributed by atoms with Crippen molar-refractivity contribution in [1.29, 1.82) is 0 Å². The van der Waals surface area contributed by atoms with Gasteiger partial charge in [-0.1, -0.05) is 0 Å². The molecule has 0 aromatic heterocycles. The zero-order chi connectivity index (χ0) is 5.98. The lowest BCUT2D eigenvalue weighted by molar-refractivity contribution is 1.27. The highest BCUT2D eigenvalue weighted by Crippen LogP contribution is 2.10. The molecule has 0 amide bonds. The average Bonchev–Trinajstić information content (AvgIpc) is 2.14. The van der Waals surface area contributed by atoms with Crippen LogP contribution in [0.3, 0.4) is 0 Å². The third-order valence-corrected chi connectivity index (χ3v) is 1.67. The van der Waals surface area contributed by atoms with Crippen LogP contribution in [0.25, 0.3) is 0 Å². The summed E-state index contributed by atoms with van der Waals surface area (Å²) in [7, 11) is 0. The van der Waals surface area contributed by atoms with Gasteiger partial charge in [-0.15, -0.1) is 16.9 Å². The molecule has 0 bridgehead atoms. The van der Waals surface area contributed by atoms with Gasteiger partial charge in [0.1, 0.15) is 5.04 Å². The molecule has 1 aliphatic rings. The van der Waals surface area contributed by atoms with Crippen molar-refractivity contribution >= 4 is 22.5 Å². The summed E-state index contributed by atoms with van der Waals surface area (Å²) < 4.78 is 0. The molecule has 0 unspecified atom stereocenters. The maximum Gasteiger partial charge on any atom is 0.101 e. The van der Waals surface area contributed by atoms with Gasteiger partial charge in [-0.05, 0) is 13.2 Å². The second-order valence-electron chi connectivity index (χ2n) is 1.71. The predicted molar refractivity (Wildman–Crippen MR) is 38.7 cm³/mol. The zero-order valence-electron chi connectivity index (χ0n) is 5.01. The first-order valence-corrected chi connectivity index (χ1v) is 3.69. The molecular formula is C5H8N2S.